The highest BCUT2D eigenvalue weighted by Gasteiger charge is 2.41. The lowest BCUT2D eigenvalue weighted by molar-refractivity contribution is -0.150. The zero-order valence-corrected chi connectivity index (χ0v) is 12.4. The van der Waals surface area contributed by atoms with Crippen molar-refractivity contribution in [1.82, 2.24) is 5.32 Å². The maximum atomic E-state index is 5.93. The van der Waals surface area contributed by atoms with E-state index < -0.39 is 0 Å². The Labute approximate surface area is 119 Å². The average Bonchev–Trinajstić information content (AvgIpc) is 2.91. The Bertz CT molecular complexity index is 344. The van der Waals surface area contributed by atoms with Crippen LogP contribution in [0.4, 0.5) is 0 Å². The van der Waals surface area contributed by atoms with Gasteiger partial charge < -0.3 is 19.5 Å². The van der Waals surface area contributed by atoms with E-state index in [4.69, 9.17) is 14.2 Å². The first-order chi connectivity index (χ1) is 9.35. The first kappa shape index (κ1) is 14.9. The van der Waals surface area contributed by atoms with Crippen molar-refractivity contribution in [3.05, 3.63) is 22.4 Å². The van der Waals surface area contributed by atoms with E-state index in [2.05, 4.69) is 22.8 Å². The summed E-state index contributed by atoms with van der Waals surface area (Å²) < 4.78 is 16.8. The third kappa shape index (κ3) is 4.26. The molecule has 1 aromatic rings. The van der Waals surface area contributed by atoms with Gasteiger partial charge in [0.15, 0.2) is 0 Å². The van der Waals surface area contributed by atoms with Crippen LogP contribution in [0.15, 0.2) is 17.5 Å². The number of ether oxygens (including phenoxy) is 3. The molecule has 0 aliphatic heterocycles. The van der Waals surface area contributed by atoms with Gasteiger partial charge >= 0.3 is 0 Å². The van der Waals surface area contributed by atoms with Crippen LogP contribution in [-0.4, -0.2) is 52.2 Å². The van der Waals surface area contributed by atoms with Crippen LogP contribution in [0, 0.1) is 0 Å². The summed E-state index contributed by atoms with van der Waals surface area (Å²) >= 11 is 1.78. The molecule has 1 fully saturated rings. The second-order valence-electron chi connectivity index (χ2n) is 4.70. The summed E-state index contributed by atoms with van der Waals surface area (Å²) in [6.07, 6.45) is 2.39. The molecule has 1 saturated carbocycles. The quantitative estimate of drug-likeness (QED) is 0.701. The molecule has 5 heteroatoms. The number of hydrogen-bond donors (Lipinski definition) is 1. The Hall–Kier alpha value is -0.460. The number of methoxy groups -OCH3 is 1. The lowest BCUT2D eigenvalue weighted by atomic mass is 9.85. The topological polar surface area (TPSA) is 39.7 Å². The fourth-order valence-corrected chi connectivity index (χ4v) is 2.97. The zero-order chi connectivity index (χ0) is 13.5. The van der Waals surface area contributed by atoms with E-state index in [1.807, 2.05) is 7.05 Å². The third-order valence-electron chi connectivity index (χ3n) is 3.48. The van der Waals surface area contributed by atoms with Crippen molar-refractivity contribution in [2.75, 3.05) is 34.0 Å². The minimum atomic E-state index is 0.156. The number of rotatable bonds is 9. The second-order valence-corrected chi connectivity index (χ2v) is 5.73. The van der Waals surface area contributed by atoms with Crippen LogP contribution in [0.25, 0.3) is 0 Å². The molecule has 3 unspecified atom stereocenters. The Balaban J connectivity index is 1.67. The summed E-state index contributed by atoms with van der Waals surface area (Å²) in [6, 6.07) is 4.64. The standard InChI is InChI=1S/C14H23NO3S/c1-15-12-10-13(14(12)18-8-7-16-2)17-6-5-11-4-3-9-19-11/h3-4,9,12-15H,5-8,10H2,1-2H3. The Morgan fingerprint density at radius 2 is 2.21 bits per heavy atom. The van der Waals surface area contributed by atoms with E-state index in [0.717, 1.165) is 19.4 Å². The van der Waals surface area contributed by atoms with E-state index in [1.54, 1.807) is 18.4 Å². The molecular weight excluding hydrogens is 262 g/mol. The average molecular weight is 285 g/mol. The van der Waals surface area contributed by atoms with Gasteiger partial charge in [-0.25, -0.2) is 0 Å². The maximum Gasteiger partial charge on any atom is 0.0991 e. The van der Waals surface area contributed by atoms with E-state index in [9.17, 15) is 0 Å². The van der Waals surface area contributed by atoms with Gasteiger partial charge in [-0.15, -0.1) is 11.3 Å². The van der Waals surface area contributed by atoms with Gasteiger partial charge in [0.05, 0.1) is 32.0 Å². The van der Waals surface area contributed by atoms with Crippen molar-refractivity contribution in [3.63, 3.8) is 0 Å². The van der Waals surface area contributed by atoms with E-state index in [1.165, 1.54) is 4.88 Å². The van der Waals surface area contributed by atoms with E-state index in [-0.39, 0.29) is 12.2 Å². The van der Waals surface area contributed by atoms with Gasteiger partial charge in [0.2, 0.25) is 0 Å². The highest BCUT2D eigenvalue weighted by molar-refractivity contribution is 7.09. The molecule has 0 amide bonds. The number of thiophene rings is 1. The molecule has 1 aromatic heterocycles. The Kier molecular flexibility index (Phi) is 6.26. The second kappa shape index (κ2) is 7.97. The molecule has 0 spiro atoms. The molecule has 1 heterocycles. The molecule has 0 radical (unpaired) electrons. The molecule has 19 heavy (non-hydrogen) atoms. The molecule has 1 aliphatic rings. The van der Waals surface area contributed by atoms with Gasteiger partial charge in [0.1, 0.15) is 0 Å². The van der Waals surface area contributed by atoms with Crippen molar-refractivity contribution < 1.29 is 14.2 Å². The number of hydrogen-bond acceptors (Lipinski definition) is 5. The third-order valence-corrected chi connectivity index (χ3v) is 4.41. The molecule has 1 N–H and O–H groups in total. The smallest absolute Gasteiger partial charge is 0.0991 e. The number of likely N-dealkylation sites (N-methyl/N-ethyl adjacent to an activating group) is 1. The monoisotopic (exact) mass is 285 g/mol. The molecule has 0 aromatic carbocycles. The molecule has 0 saturated heterocycles. The van der Waals surface area contributed by atoms with Crippen LogP contribution < -0.4 is 5.32 Å². The van der Waals surface area contributed by atoms with Crippen molar-refractivity contribution in [3.8, 4) is 0 Å². The summed E-state index contributed by atoms with van der Waals surface area (Å²) in [7, 11) is 3.66. The van der Waals surface area contributed by atoms with Crippen molar-refractivity contribution in [1.29, 1.82) is 0 Å². The summed E-state index contributed by atoms with van der Waals surface area (Å²) in [5, 5.41) is 5.37. The zero-order valence-electron chi connectivity index (χ0n) is 11.6. The van der Waals surface area contributed by atoms with Crippen molar-refractivity contribution >= 4 is 11.3 Å². The highest BCUT2D eigenvalue weighted by atomic mass is 32.1. The summed E-state index contributed by atoms with van der Waals surface area (Å²) in [5.74, 6) is 0. The molecule has 1 aliphatic carbocycles. The number of nitrogens with one attached hydrogen (secondary N) is 1. The summed E-state index contributed by atoms with van der Waals surface area (Å²) in [6.45, 7) is 2.03. The fraction of sp³-hybridized carbons (Fsp3) is 0.714. The lowest BCUT2D eigenvalue weighted by Crippen LogP contribution is -2.59. The van der Waals surface area contributed by atoms with Gasteiger partial charge in [0.25, 0.3) is 0 Å². The van der Waals surface area contributed by atoms with Crippen LogP contribution in [0.3, 0.4) is 0 Å². The van der Waals surface area contributed by atoms with E-state index >= 15 is 0 Å². The minimum Gasteiger partial charge on any atom is -0.382 e. The van der Waals surface area contributed by atoms with Crippen LogP contribution >= 0.6 is 11.3 Å². The van der Waals surface area contributed by atoms with Crippen molar-refractivity contribution in [2.24, 2.45) is 0 Å². The molecule has 3 atom stereocenters. The minimum absolute atomic E-state index is 0.156. The van der Waals surface area contributed by atoms with Gasteiger partial charge in [-0.05, 0) is 24.9 Å². The van der Waals surface area contributed by atoms with Crippen LogP contribution in [0.2, 0.25) is 0 Å². The normalized spacial score (nSPS) is 26.3. The van der Waals surface area contributed by atoms with Gasteiger partial charge in [-0.2, -0.15) is 0 Å². The predicted octanol–water partition coefficient (Wildman–Crippen LogP) is 1.70. The molecule has 108 valence electrons. The molecule has 4 nitrogen and oxygen atoms in total. The molecule has 0 bridgehead atoms. The Morgan fingerprint density at radius 1 is 1.32 bits per heavy atom. The largest absolute Gasteiger partial charge is 0.382 e. The first-order valence-corrected chi connectivity index (χ1v) is 7.65. The van der Waals surface area contributed by atoms with Crippen LogP contribution in [0.5, 0.6) is 0 Å². The van der Waals surface area contributed by atoms with Gasteiger partial charge in [-0.3, -0.25) is 0 Å². The van der Waals surface area contributed by atoms with E-state index in [0.29, 0.717) is 19.3 Å². The Morgan fingerprint density at radius 3 is 2.89 bits per heavy atom. The molecular formula is C14H23NO3S. The lowest BCUT2D eigenvalue weighted by Gasteiger charge is -2.43. The first-order valence-electron chi connectivity index (χ1n) is 6.77. The van der Waals surface area contributed by atoms with Gasteiger partial charge in [-0.1, -0.05) is 6.07 Å². The maximum absolute atomic E-state index is 5.93. The van der Waals surface area contributed by atoms with Crippen molar-refractivity contribution in [2.45, 2.75) is 31.1 Å². The van der Waals surface area contributed by atoms with Crippen LogP contribution in [0.1, 0.15) is 11.3 Å². The van der Waals surface area contributed by atoms with Crippen LogP contribution in [-0.2, 0) is 20.6 Å². The predicted molar refractivity (Wildman–Crippen MR) is 76.8 cm³/mol. The van der Waals surface area contributed by atoms with Gasteiger partial charge in [0, 0.05) is 24.4 Å². The SMILES string of the molecule is CNC1CC(OCCc2cccs2)C1OCCOC. The highest BCUT2D eigenvalue weighted by Crippen LogP contribution is 2.27. The molecule has 2 rings (SSSR count). The summed E-state index contributed by atoms with van der Waals surface area (Å²) in [5.41, 5.74) is 0. The summed E-state index contributed by atoms with van der Waals surface area (Å²) in [4.78, 5) is 1.38. The fourth-order valence-electron chi connectivity index (χ4n) is 2.28.